The fourth-order valence-electron chi connectivity index (χ4n) is 2.53. The number of β-amino-alcohol motifs (C(OH)–C–C–N with tert-alkyl or cyclic N) is 1. The molecule has 2 aliphatic rings. The normalized spacial score (nSPS) is 23.7. The fraction of sp³-hybridized carbons (Fsp3) is 0.538. The lowest BCUT2D eigenvalue weighted by Crippen LogP contribution is -2.25. The number of aliphatic hydroxyl groups excluding tert-OH is 1. The number of allylic oxidation sites excluding steroid dienone is 4. The van der Waals surface area contributed by atoms with Crippen molar-refractivity contribution in [2.45, 2.75) is 26.7 Å². The Kier molecular flexibility index (Phi) is 2.47. The lowest BCUT2D eigenvalue weighted by atomic mass is 9.81. The third kappa shape index (κ3) is 1.44. The topological polar surface area (TPSA) is 23.5 Å². The van der Waals surface area contributed by atoms with Gasteiger partial charge in [-0.3, -0.25) is 0 Å². The van der Waals surface area contributed by atoms with Gasteiger partial charge in [0, 0.05) is 23.4 Å². The Labute approximate surface area is 91.6 Å². The van der Waals surface area contributed by atoms with E-state index in [1.54, 1.807) is 0 Å². The average Bonchev–Trinajstić information content (AvgIpc) is 2.42. The summed E-state index contributed by atoms with van der Waals surface area (Å²) in [4.78, 5) is 2.19. The van der Waals surface area contributed by atoms with Crippen LogP contribution in [0.1, 0.15) is 26.7 Å². The summed E-state index contributed by atoms with van der Waals surface area (Å²) in [7, 11) is 0. The number of nitrogens with zero attached hydrogens (tertiary/aromatic N) is 1. The van der Waals surface area contributed by atoms with Crippen LogP contribution in [-0.2, 0) is 0 Å². The van der Waals surface area contributed by atoms with Gasteiger partial charge in [-0.25, -0.2) is 0 Å². The first-order valence-electron chi connectivity index (χ1n) is 5.57. The highest BCUT2D eigenvalue weighted by Crippen LogP contribution is 2.48. The minimum atomic E-state index is 0.0292. The van der Waals surface area contributed by atoms with Gasteiger partial charge in [-0.05, 0) is 18.4 Å². The molecule has 0 aromatic carbocycles. The van der Waals surface area contributed by atoms with Crippen LogP contribution in [0.2, 0.25) is 0 Å². The van der Waals surface area contributed by atoms with Crippen LogP contribution < -0.4 is 0 Å². The van der Waals surface area contributed by atoms with Crippen molar-refractivity contribution >= 4 is 0 Å². The van der Waals surface area contributed by atoms with Crippen molar-refractivity contribution in [3.63, 3.8) is 0 Å². The average molecular weight is 205 g/mol. The maximum absolute atomic E-state index is 9.08. The molecule has 0 amide bonds. The fourth-order valence-corrected chi connectivity index (χ4v) is 2.53. The summed E-state index contributed by atoms with van der Waals surface area (Å²) in [6.45, 7) is 9.45. The van der Waals surface area contributed by atoms with E-state index in [1.165, 1.54) is 11.3 Å². The molecule has 0 atom stereocenters. The summed E-state index contributed by atoms with van der Waals surface area (Å²) in [5.74, 6) is 0. The molecule has 2 rings (SSSR count). The third-order valence-electron chi connectivity index (χ3n) is 3.51. The first kappa shape index (κ1) is 10.5. The van der Waals surface area contributed by atoms with Crippen molar-refractivity contribution in [1.29, 1.82) is 0 Å². The molecule has 15 heavy (non-hydrogen) atoms. The molecule has 0 aromatic heterocycles. The van der Waals surface area contributed by atoms with Crippen molar-refractivity contribution in [2.24, 2.45) is 5.41 Å². The maximum atomic E-state index is 9.08. The minimum absolute atomic E-state index is 0.0292. The van der Waals surface area contributed by atoms with Crippen molar-refractivity contribution in [3.05, 3.63) is 35.7 Å². The molecule has 1 aliphatic carbocycles. The Balaban J connectivity index is 2.40. The largest absolute Gasteiger partial charge is 0.395 e. The zero-order chi connectivity index (χ0) is 11.1. The quantitative estimate of drug-likeness (QED) is 0.748. The van der Waals surface area contributed by atoms with E-state index < -0.39 is 0 Å². The van der Waals surface area contributed by atoms with E-state index in [0.29, 0.717) is 6.54 Å². The summed E-state index contributed by atoms with van der Waals surface area (Å²) in [5, 5.41) is 9.08. The Morgan fingerprint density at radius 3 is 2.93 bits per heavy atom. The van der Waals surface area contributed by atoms with Gasteiger partial charge in [0.1, 0.15) is 0 Å². The molecular weight excluding hydrogens is 186 g/mol. The molecule has 0 fully saturated rings. The summed E-state index contributed by atoms with van der Waals surface area (Å²) in [6.07, 6.45) is 6.64. The van der Waals surface area contributed by atoms with Crippen LogP contribution in [0, 0.1) is 5.41 Å². The van der Waals surface area contributed by atoms with Crippen molar-refractivity contribution in [1.82, 2.24) is 4.90 Å². The molecule has 2 heteroatoms. The van der Waals surface area contributed by atoms with Gasteiger partial charge < -0.3 is 10.0 Å². The third-order valence-corrected chi connectivity index (χ3v) is 3.51. The van der Waals surface area contributed by atoms with E-state index >= 15 is 0 Å². The Morgan fingerprint density at radius 2 is 2.27 bits per heavy atom. The Hall–Kier alpha value is -1.02. The van der Waals surface area contributed by atoms with Crippen LogP contribution in [0.5, 0.6) is 0 Å². The van der Waals surface area contributed by atoms with E-state index in [1.807, 2.05) is 0 Å². The number of aliphatic hydroxyl groups is 1. The molecule has 2 nitrogen and oxygen atoms in total. The molecule has 0 bridgehead atoms. The van der Waals surface area contributed by atoms with E-state index in [4.69, 9.17) is 5.11 Å². The monoisotopic (exact) mass is 205 g/mol. The molecule has 0 saturated heterocycles. The highest BCUT2D eigenvalue weighted by molar-refractivity contribution is 5.46. The number of hydrogen-bond donors (Lipinski definition) is 1. The van der Waals surface area contributed by atoms with Crippen molar-refractivity contribution < 1.29 is 5.11 Å². The van der Waals surface area contributed by atoms with Crippen LogP contribution in [0.25, 0.3) is 0 Å². The molecule has 0 radical (unpaired) electrons. The van der Waals surface area contributed by atoms with Gasteiger partial charge in [0.05, 0.1) is 6.61 Å². The molecule has 0 spiro atoms. The second kappa shape index (κ2) is 3.53. The molecule has 1 N–H and O–H groups in total. The second-order valence-corrected chi connectivity index (χ2v) is 4.75. The van der Waals surface area contributed by atoms with E-state index in [0.717, 1.165) is 18.5 Å². The maximum Gasteiger partial charge on any atom is 0.0610 e. The summed E-state index contributed by atoms with van der Waals surface area (Å²) >= 11 is 0. The molecular formula is C13H19NO. The van der Waals surface area contributed by atoms with Gasteiger partial charge in [0.15, 0.2) is 0 Å². The predicted molar refractivity (Wildman–Crippen MR) is 62.1 cm³/mol. The smallest absolute Gasteiger partial charge is 0.0610 e. The molecule has 1 aliphatic heterocycles. The number of hydrogen-bond acceptors (Lipinski definition) is 2. The van der Waals surface area contributed by atoms with Crippen LogP contribution in [0.3, 0.4) is 0 Å². The standard InChI is InChI=1S/C13H19NO/c1-10-13(2,3)11-6-4-5-7-12(11)14(10)8-9-15/h4,6,15H,1,5,7-9H2,2-3H3. The van der Waals surface area contributed by atoms with Gasteiger partial charge in [-0.15, -0.1) is 0 Å². The van der Waals surface area contributed by atoms with Crippen LogP contribution in [0.4, 0.5) is 0 Å². The van der Waals surface area contributed by atoms with Gasteiger partial charge in [0.2, 0.25) is 0 Å². The van der Waals surface area contributed by atoms with Gasteiger partial charge >= 0.3 is 0 Å². The summed E-state index contributed by atoms with van der Waals surface area (Å²) in [5.41, 5.74) is 3.89. The second-order valence-electron chi connectivity index (χ2n) is 4.75. The molecule has 82 valence electrons. The van der Waals surface area contributed by atoms with Gasteiger partial charge in [0.25, 0.3) is 0 Å². The van der Waals surface area contributed by atoms with Gasteiger partial charge in [-0.2, -0.15) is 0 Å². The lowest BCUT2D eigenvalue weighted by Gasteiger charge is -2.27. The Bertz CT molecular complexity index is 350. The predicted octanol–water partition coefficient (Wildman–Crippen LogP) is 2.44. The molecule has 0 saturated carbocycles. The van der Waals surface area contributed by atoms with Crippen molar-refractivity contribution in [3.8, 4) is 0 Å². The summed E-state index contributed by atoms with van der Waals surface area (Å²) < 4.78 is 0. The minimum Gasteiger partial charge on any atom is -0.395 e. The van der Waals surface area contributed by atoms with Crippen LogP contribution in [0.15, 0.2) is 35.7 Å². The lowest BCUT2D eigenvalue weighted by molar-refractivity contribution is 0.242. The zero-order valence-electron chi connectivity index (χ0n) is 9.58. The first-order chi connectivity index (χ1) is 7.09. The Morgan fingerprint density at radius 1 is 1.53 bits per heavy atom. The molecule has 0 unspecified atom stereocenters. The van der Waals surface area contributed by atoms with E-state index in [9.17, 15) is 0 Å². The van der Waals surface area contributed by atoms with E-state index in [2.05, 4.69) is 37.5 Å². The first-order valence-corrected chi connectivity index (χ1v) is 5.57. The van der Waals surface area contributed by atoms with Gasteiger partial charge in [-0.1, -0.05) is 32.6 Å². The van der Waals surface area contributed by atoms with Crippen molar-refractivity contribution in [2.75, 3.05) is 13.2 Å². The highest BCUT2D eigenvalue weighted by Gasteiger charge is 2.39. The SMILES string of the molecule is C=C1N(CCO)C2=C(C=CCC2)C1(C)C. The zero-order valence-corrected chi connectivity index (χ0v) is 9.58. The van der Waals surface area contributed by atoms with Crippen LogP contribution in [-0.4, -0.2) is 23.2 Å². The van der Waals surface area contributed by atoms with Crippen LogP contribution >= 0.6 is 0 Å². The molecule has 1 heterocycles. The highest BCUT2D eigenvalue weighted by atomic mass is 16.3. The number of rotatable bonds is 2. The van der Waals surface area contributed by atoms with E-state index in [-0.39, 0.29) is 12.0 Å². The summed E-state index contributed by atoms with van der Waals surface area (Å²) in [6, 6.07) is 0. The molecule has 0 aromatic rings.